The van der Waals surface area contributed by atoms with Gasteiger partial charge in [0.15, 0.2) is 5.78 Å². The summed E-state index contributed by atoms with van der Waals surface area (Å²) in [6.45, 7) is 3.25. The lowest BCUT2D eigenvalue weighted by molar-refractivity contribution is -0.124. The number of nitriles is 1. The first-order valence-corrected chi connectivity index (χ1v) is 6.34. The number of Topliss-reactive ketones (excluding diaryl/α,β-unsaturated/α-hetero) is 1. The number of amides is 1. The zero-order chi connectivity index (χ0) is 15.8. The average Bonchev–Trinajstić information content (AvgIpc) is 2.45. The van der Waals surface area contributed by atoms with Gasteiger partial charge in [-0.05, 0) is 31.5 Å². The fourth-order valence-electron chi connectivity index (χ4n) is 2.33. The van der Waals surface area contributed by atoms with E-state index >= 15 is 0 Å². The molecule has 1 aliphatic rings. The molecule has 1 aromatic rings. The molecule has 1 aromatic carbocycles. The van der Waals surface area contributed by atoms with E-state index in [1.807, 2.05) is 6.07 Å². The molecule has 0 radical (unpaired) electrons. The molecule has 108 valence electrons. The Morgan fingerprint density at radius 2 is 2.19 bits per heavy atom. The highest BCUT2D eigenvalue weighted by molar-refractivity contribution is 6.29. The fourth-order valence-corrected chi connectivity index (χ4v) is 2.33. The zero-order valence-corrected chi connectivity index (χ0v) is 11.5. The van der Waals surface area contributed by atoms with Crippen molar-refractivity contribution in [2.24, 2.45) is 0 Å². The van der Waals surface area contributed by atoms with Crippen LogP contribution in [0.25, 0.3) is 5.76 Å². The van der Waals surface area contributed by atoms with Crippen LogP contribution in [0.5, 0.6) is 0 Å². The molecule has 0 saturated heterocycles. The molecule has 1 aliphatic carbocycles. The number of halogens is 1. The van der Waals surface area contributed by atoms with Gasteiger partial charge in [-0.1, -0.05) is 6.07 Å². The Balaban J connectivity index is 2.78. The number of hydrogen-bond donors (Lipinski definition) is 2. The first-order chi connectivity index (χ1) is 9.86. The van der Waals surface area contributed by atoms with Crippen molar-refractivity contribution >= 4 is 17.4 Å². The first-order valence-electron chi connectivity index (χ1n) is 6.34. The summed E-state index contributed by atoms with van der Waals surface area (Å²) in [5.74, 6) is -2.82. The van der Waals surface area contributed by atoms with Crippen molar-refractivity contribution in [2.45, 2.75) is 19.3 Å². The van der Waals surface area contributed by atoms with Crippen LogP contribution >= 0.6 is 0 Å². The van der Waals surface area contributed by atoms with Crippen LogP contribution in [-0.4, -0.2) is 23.3 Å². The van der Waals surface area contributed by atoms with E-state index in [0.717, 1.165) is 12.1 Å². The van der Waals surface area contributed by atoms with Gasteiger partial charge in [0, 0.05) is 12.1 Å². The Kier molecular flexibility index (Phi) is 3.52. The summed E-state index contributed by atoms with van der Waals surface area (Å²) in [4.78, 5) is 24.4. The molecule has 0 heterocycles. The third kappa shape index (κ3) is 2.07. The third-order valence-electron chi connectivity index (χ3n) is 3.48. The van der Waals surface area contributed by atoms with Crippen molar-refractivity contribution < 1.29 is 19.1 Å². The van der Waals surface area contributed by atoms with Gasteiger partial charge in [-0.15, -0.1) is 0 Å². The maximum absolute atomic E-state index is 13.4. The molecule has 0 fully saturated rings. The van der Waals surface area contributed by atoms with Gasteiger partial charge in [0.1, 0.15) is 22.6 Å². The molecule has 1 amide bonds. The molecule has 0 unspecified atom stereocenters. The molecule has 1 atom stereocenters. The highest BCUT2D eigenvalue weighted by atomic mass is 19.1. The summed E-state index contributed by atoms with van der Waals surface area (Å²) in [6, 6.07) is 5.24. The second-order valence-corrected chi connectivity index (χ2v) is 4.84. The number of rotatable bonds is 2. The minimum atomic E-state index is -1.64. The van der Waals surface area contributed by atoms with E-state index in [4.69, 9.17) is 0 Å². The fraction of sp³-hybridized carbons (Fsp3) is 0.267. The van der Waals surface area contributed by atoms with Crippen LogP contribution in [0.2, 0.25) is 0 Å². The molecule has 5 nitrogen and oxygen atoms in total. The lowest BCUT2D eigenvalue weighted by atomic mass is 9.70. The van der Waals surface area contributed by atoms with Gasteiger partial charge in [-0.25, -0.2) is 4.39 Å². The van der Waals surface area contributed by atoms with Crippen LogP contribution in [0.15, 0.2) is 23.8 Å². The summed E-state index contributed by atoms with van der Waals surface area (Å²) in [5, 5.41) is 21.9. The molecule has 0 bridgehead atoms. The molecular weight excluding hydrogens is 275 g/mol. The lowest BCUT2D eigenvalue weighted by Crippen LogP contribution is -2.42. The van der Waals surface area contributed by atoms with Crippen LogP contribution in [0.1, 0.15) is 25.0 Å². The van der Waals surface area contributed by atoms with Gasteiger partial charge in [-0.2, -0.15) is 5.26 Å². The van der Waals surface area contributed by atoms with Gasteiger partial charge >= 0.3 is 0 Å². The minimum absolute atomic E-state index is 0.0140. The van der Waals surface area contributed by atoms with Crippen molar-refractivity contribution in [2.75, 3.05) is 6.54 Å². The van der Waals surface area contributed by atoms with Crippen molar-refractivity contribution in [1.82, 2.24) is 5.32 Å². The lowest BCUT2D eigenvalue weighted by Gasteiger charge is -2.29. The summed E-state index contributed by atoms with van der Waals surface area (Å²) in [5.41, 5.74) is -1.99. The Morgan fingerprint density at radius 3 is 2.76 bits per heavy atom. The van der Waals surface area contributed by atoms with Crippen molar-refractivity contribution in [3.05, 3.63) is 40.7 Å². The standard InChI is InChI=1S/C15H13FN2O3/c1-3-18-14(21)11-12(19)9-6-8(16)4-5-10(9)15(2,7-17)13(11)20/h4-6,19H,3H2,1-2H3,(H,18,21)/t15-/m1/s1. The van der Waals surface area contributed by atoms with Crippen molar-refractivity contribution in [3.63, 3.8) is 0 Å². The predicted octanol–water partition coefficient (Wildman–Crippen LogP) is 1.59. The van der Waals surface area contributed by atoms with E-state index in [2.05, 4.69) is 5.32 Å². The van der Waals surface area contributed by atoms with Crippen LogP contribution < -0.4 is 5.32 Å². The van der Waals surface area contributed by atoms with E-state index in [-0.39, 0.29) is 17.7 Å². The number of ketones is 1. The molecular formula is C15H13FN2O3. The average molecular weight is 288 g/mol. The predicted molar refractivity (Wildman–Crippen MR) is 72.6 cm³/mol. The maximum Gasteiger partial charge on any atom is 0.258 e. The molecule has 0 saturated carbocycles. The van der Waals surface area contributed by atoms with Crippen LogP contribution in [0, 0.1) is 17.1 Å². The summed E-state index contributed by atoms with van der Waals surface area (Å²) in [7, 11) is 0. The monoisotopic (exact) mass is 288 g/mol. The van der Waals surface area contributed by atoms with E-state index in [9.17, 15) is 24.3 Å². The number of hydrogen-bond acceptors (Lipinski definition) is 4. The molecule has 6 heteroatoms. The molecule has 0 aromatic heterocycles. The number of aliphatic hydroxyl groups is 1. The minimum Gasteiger partial charge on any atom is -0.506 e. The normalized spacial score (nSPS) is 20.8. The van der Waals surface area contributed by atoms with E-state index < -0.39 is 34.3 Å². The van der Waals surface area contributed by atoms with Gasteiger partial charge in [0.05, 0.1) is 6.07 Å². The first kappa shape index (κ1) is 14.7. The van der Waals surface area contributed by atoms with Crippen LogP contribution in [0.3, 0.4) is 0 Å². The molecule has 2 N–H and O–H groups in total. The van der Waals surface area contributed by atoms with E-state index in [1.54, 1.807) is 6.92 Å². The summed E-state index contributed by atoms with van der Waals surface area (Å²) in [6.07, 6.45) is 0. The zero-order valence-electron chi connectivity index (χ0n) is 11.5. The van der Waals surface area contributed by atoms with Gasteiger partial charge in [0.25, 0.3) is 5.91 Å². The number of nitrogens with zero attached hydrogens (tertiary/aromatic N) is 1. The Morgan fingerprint density at radius 1 is 1.52 bits per heavy atom. The molecule has 21 heavy (non-hydrogen) atoms. The number of benzene rings is 1. The molecule has 2 rings (SSSR count). The summed E-state index contributed by atoms with van der Waals surface area (Å²) >= 11 is 0. The van der Waals surface area contributed by atoms with E-state index in [0.29, 0.717) is 0 Å². The smallest absolute Gasteiger partial charge is 0.258 e. The van der Waals surface area contributed by atoms with Crippen molar-refractivity contribution in [3.8, 4) is 6.07 Å². The van der Waals surface area contributed by atoms with E-state index in [1.165, 1.54) is 13.0 Å². The quantitative estimate of drug-likeness (QED) is 0.809. The molecule has 0 spiro atoms. The van der Waals surface area contributed by atoms with Gasteiger partial charge in [-0.3, -0.25) is 9.59 Å². The number of fused-ring (bicyclic) bond motifs is 1. The molecule has 0 aliphatic heterocycles. The Bertz CT molecular complexity index is 718. The van der Waals surface area contributed by atoms with Gasteiger partial charge in [0.2, 0.25) is 0 Å². The van der Waals surface area contributed by atoms with Gasteiger partial charge < -0.3 is 10.4 Å². The number of nitrogens with one attached hydrogen (secondary N) is 1. The summed E-state index contributed by atoms with van der Waals surface area (Å²) < 4.78 is 13.4. The number of carbonyl (C=O) groups is 2. The topological polar surface area (TPSA) is 90.2 Å². The highest BCUT2D eigenvalue weighted by Gasteiger charge is 2.46. The number of likely N-dealkylation sites (N-methyl/N-ethyl adjacent to an activating group) is 1. The van der Waals surface area contributed by atoms with Crippen LogP contribution in [0.4, 0.5) is 4.39 Å². The number of carbonyl (C=O) groups excluding carboxylic acids is 2. The van der Waals surface area contributed by atoms with Crippen molar-refractivity contribution in [1.29, 1.82) is 5.26 Å². The SMILES string of the molecule is CCNC(=O)C1=C(O)c2cc(F)ccc2[C@@](C)(C#N)C1=O. The largest absolute Gasteiger partial charge is 0.506 e. The number of aliphatic hydroxyl groups excluding tert-OH is 1. The second-order valence-electron chi connectivity index (χ2n) is 4.84. The van der Waals surface area contributed by atoms with Crippen LogP contribution in [-0.2, 0) is 15.0 Å². The Labute approximate surface area is 120 Å². The second kappa shape index (κ2) is 5.02. The maximum atomic E-state index is 13.4. The Hall–Kier alpha value is -2.68. The third-order valence-corrected chi connectivity index (χ3v) is 3.48. The highest BCUT2D eigenvalue weighted by Crippen LogP contribution is 2.39.